The van der Waals surface area contributed by atoms with E-state index in [4.69, 9.17) is 10.00 Å². The summed E-state index contributed by atoms with van der Waals surface area (Å²) in [6, 6.07) is 8.46. The number of sulfonamides is 1. The van der Waals surface area contributed by atoms with Crippen molar-refractivity contribution in [2.75, 3.05) is 13.2 Å². The number of rotatable bonds is 6. The van der Waals surface area contributed by atoms with E-state index >= 15 is 0 Å². The largest absolute Gasteiger partial charge is 0.378 e. The number of benzene rings is 1. The monoisotopic (exact) mass is 308 g/mol. The molecule has 0 amide bonds. The second-order valence-corrected chi connectivity index (χ2v) is 6.96. The second-order valence-electron chi connectivity index (χ2n) is 5.20. The van der Waals surface area contributed by atoms with Crippen molar-refractivity contribution >= 4 is 10.0 Å². The molecule has 1 aliphatic heterocycles. The highest BCUT2D eigenvalue weighted by Gasteiger charge is 2.28. The number of nitriles is 1. The predicted octanol–water partition coefficient (Wildman–Crippen LogP) is 1.85. The zero-order valence-electron chi connectivity index (χ0n) is 12.1. The minimum absolute atomic E-state index is 0.144. The molecule has 1 N–H and O–H groups in total. The lowest BCUT2D eigenvalue weighted by atomic mass is 10.0. The number of hydrogen-bond acceptors (Lipinski definition) is 4. The highest BCUT2D eigenvalue weighted by atomic mass is 32.2. The molecule has 0 spiro atoms. The van der Waals surface area contributed by atoms with Crippen molar-refractivity contribution in [2.45, 2.75) is 37.2 Å². The summed E-state index contributed by atoms with van der Waals surface area (Å²) in [5, 5.41) is 8.61. The lowest BCUT2D eigenvalue weighted by Gasteiger charge is -2.17. The van der Waals surface area contributed by atoms with Gasteiger partial charge in [0.2, 0.25) is 10.0 Å². The third-order valence-corrected chi connectivity index (χ3v) is 5.24. The molecule has 0 aliphatic carbocycles. The smallest absolute Gasteiger partial charge is 0.240 e. The van der Waals surface area contributed by atoms with E-state index in [9.17, 15) is 8.42 Å². The third kappa shape index (κ3) is 4.03. The minimum atomic E-state index is -3.50. The van der Waals surface area contributed by atoms with Gasteiger partial charge >= 0.3 is 0 Å². The van der Waals surface area contributed by atoms with Crippen molar-refractivity contribution in [2.24, 2.45) is 5.92 Å². The number of nitrogens with one attached hydrogen (secondary N) is 1. The molecule has 2 atom stereocenters. The molecule has 0 saturated carbocycles. The molecule has 1 heterocycles. The van der Waals surface area contributed by atoms with Crippen molar-refractivity contribution in [3.05, 3.63) is 29.8 Å². The quantitative estimate of drug-likeness (QED) is 0.869. The summed E-state index contributed by atoms with van der Waals surface area (Å²) < 4.78 is 32.7. The number of nitrogens with zero attached hydrogens (tertiary/aromatic N) is 1. The topological polar surface area (TPSA) is 79.2 Å². The van der Waals surface area contributed by atoms with Crippen LogP contribution in [0, 0.1) is 17.2 Å². The van der Waals surface area contributed by atoms with Crippen LogP contribution in [0.3, 0.4) is 0 Å². The van der Waals surface area contributed by atoms with E-state index in [1.165, 1.54) is 12.1 Å². The molecule has 0 bridgehead atoms. The summed E-state index contributed by atoms with van der Waals surface area (Å²) in [4.78, 5) is 0.233. The fraction of sp³-hybridized carbons (Fsp3) is 0.533. The maximum Gasteiger partial charge on any atom is 0.240 e. The third-order valence-electron chi connectivity index (χ3n) is 3.80. The summed E-state index contributed by atoms with van der Waals surface area (Å²) in [5.74, 6) is 0.239. The van der Waals surface area contributed by atoms with Crippen molar-refractivity contribution < 1.29 is 13.2 Å². The highest BCUT2D eigenvalue weighted by Crippen LogP contribution is 2.23. The van der Waals surface area contributed by atoms with Crippen LogP contribution in [0.25, 0.3) is 0 Å². The first-order valence-electron chi connectivity index (χ1n) is 7.14. The Kier molecular flexibility index (Phi) is 5.34. The Morgan fingerprint density at radius 1 is 1.38 bits per heavy atom. The zero-order valence-corrected chi connectivity index (χ0v) is 12.9. The van der Waals surface area contributed by atoms with Crippen LogP contribution in [-0.2, 0) is 21.2 Å². The molecule has 1 aromatic carbocycles. The molecular weight excluding hydrogens is 288 g/mol. The van der Waals surface area contributed by atoms with Crippen LogP contribution >= 0.6 is 0 Å². The van der Waals surface area contributed by atoms with E-state index in [1.54, 1.807) is 12.1 Å². The maximum atomic E-state index is 12.2. The van der Waals surface area contributed by atoms with Gasteiger partial charge in [-0.15, -0.1) is 0 Å². The van der Waals surface area contributed by atoms with Crippen LogP contribution in [0.5, 0.6) is 0 Å². The van der Waals surface area contributed by atoms with E-state index in [-0.39, 0.29) is 23.3 Å². The Bertz CT molecular complexity index is 605. The van der Waals surface area contributed by atoms with Gasteiger partial charge in [-0.2, -0.15) is 5.26 Å². The van der Waals surface area contributed by atoms with Gasteiger partial charge in [-0.1, -0.05) is 19.1 Å². The SMILES string of the molecule is CCC1OCCC1CNS(=O)(=O)c1ccc(CC#N)cc1. The van der Waals surface area contributed by atoms with Crippen LogP contribution in [-0.4, -0.2) is 27.7 Å². The Labute approximate surface area is 126 Å². The second kappa shape index (κ2) is 7.03. The van der Waals surface area contributed by atoms with Crippen molar-refractivity contribution in [1.82, 2.24) is 4.72 Å². The molecule has 114 valence electrons. The van der Waals surface area contributed by atoms with Gasteiger partial charge in [0, 0.05) is 19.1 Å². The lowest BCUT2D eigenvalue weighted by molar-refractivity contribution is 0.0884. The van der Waals surface area contributed by atoms with E-state index < -0.39 is 10.0 Å². The Balaban J connectivity index is 1.99. The normalized spacial score (nSPS) is 22.1. The molecule has 5 nitrogen and oxygen atoms in total. The standard InChI is InChI=1S/C15H20N2O3S/c1-2-15-13(8-10-20-15)11-17-21(18,19)14-5-3-12(4-6-14)7-9-16/h3-6,13,15,17H,2,7-8,10-11H2,1H3. The summed E-state index contributed by atoms with van der Waals surface area (Å²) in [5.41, 5.74) is 0.812. The van der Waals surface area contributed by atoms with Gasteiger partial charge in [-0.25, -0.2) is 13.1 Å². The first-order valence-corrected chi connectivity index (χ1v) is 8.62. The van der Waals surface area contributed by atoms with Gasteiger partial charge in [-0.3, -0.25) is 0 Å². The van der Waals surface area contributed by atoms with Crippen LogP contribution in [0.4, 0.5) is 0 Å². The Hall–Kier alpha value is -1.42. The highest BCUT2D eigenvalue weighted by molar-refractivity contribution is 7.89. The molecule has 0 radical (unpaired) electrons. The first-order chi connectivity index (χ1) is 10.1. The minimum Gasteiger partial charge on any atom is -0.378 e. The van der Waals surface area contributed by atoms with Crippen molar-refractivity contribution in [3.8, 4) is 6.07 Å². The maximum absolute atomic E-state index is 12.2. The van der Waals surface area contributed by atoms with E-state index in [0.29, 0.717) is 13.2 Å². The fourth-order valence-electron chi connectivity index (χ4n) is 2.56. The van der Waals surface area contributed by atoms with Crippen LogP contribution in [0.15, 0.2) is 29.2 Å². The first kappa shape index (κ1) is 16.0. The van der Waals surface area contributed by atoms with Crippen LogP contribution in [0.1, 0.15) is 25.3 Å². The van der Waals surface area contributed by atoms with E-state index in [1.807, 2.05) is 13.0 Å². The van der Waals surface area contributed by atoms with Crippen molar-refractivity contribution in [3.63, 3.8) is 0 Å². The molecule has 21 heavy (non-hydrogen) atoms. The lowest BCUT2D eigenvalue weighted by Crippen LogP contribution is -2.32. The number of ether oxygens (including phenoxy) is 1. The summed E-state index contributed by atoms with van der Waals surface area (Å²) in [6.07, 6.45) is 2.22. The van der Waals surface area contributed by atoms with Gasteiger partial charge < -0.3 is 4.74 Å². The summed E-state index contributed by atoms with van der Waals surface area (Å²) >= 11 is 0. The van der Waals surface area contributed by atoms with Gasteiger partial charge in [0.05, 0.1) is 23.5 Å². The Morgan fingerprint density at radius 3 is 2.71 bits per heavy atom. The summed E-state index contributed by atoms with van der Waals surface area (Å²) in [7, 11) is -3.50. The molecule has 2 unspecified atom stereocenters. The summed E-state index contributed by atoms with van der Waals surface area (Å²) in [6.45, 7) is 3.15. The molecule has 6 heteroatoms. The fourth-order valence-corrected chi connectivity index (χ4v) is 3.65. The zero-order chi connectivity index (χ0) is 15.3. The van der Waals surface area contributed by atoms with Crippen LogP contribution in [0.2, 0.25) is 0 Å². The molecule has 1 fully saturated rings. The van der Waals surface area contributed by atoms with E-state index in [2.05, 4.69) is 4.72 Å². The number of hydrogen-bond donors (Lipinski definition) is 1. The van der Waals surface area contributed by atoms with Gasteiger partial charge in [-0.05, 0) is 30.5 Å². The van der Waals surface area contributed by atoms with Crippen molar-refractivity contribution in [1.29, 1.82) is 5.26 Å². The average Bonchev–Trinajstić information content (AvgIpc) is 2.94. The molecular formula is C15H20N2O3S. The molecule has 1 aromatic rings. The van der Waals surface area contributed by atoms with Gasteiger partial charge in [0.1, 0.15) is 0 Å². The van der Waals surface area contributed by atoms with Crippen LogP contribution < -0.4 is 4.72 Å². The Morgan fingerprint density at radius 2 is 2.10 bits per heavy atom. The van der Waals surface area contributed by atoms with Gasteiger partial charge in [0.15, 0.2) is 0 Å². The van der Waals surface area contributed by atoms with E-state index in [0.717, 1.165) is 18.4 Å². The molecule has 0 aromatic heterocycles. The predicted molar refractivity (Wildman–Crippen MR) is 79.1 cm³/mol. The average molecular weight is 308 g/mol. The molecule has 1 saturated heterocycles. The molecule has 1 aliphatic rings. The van der Waals surface area contributed by atoms with Gasteiger partial charge in [0.25, 0.3) is 0 Å². The molecule has 2 rings (SSSR count).